The summed E-state index contributed by atoms with van der Waals surface area (Å²) in [6.45, 7) is 0. The molecule has 0 radical (unpaired) electrons. The molecule has 0 aliphatic rings. The summed E-state index contributed by atoms with van der Waals surface area (Å²) in [5, 5.41) is 8.27. The molecule has 5 heteroatoms. The van der Waals surface area contributed by atoms with Gasteiger partial charge in [0.05, 0.1) is 0 Å². The van der Waals surface area contributed by atoms with Gasteiger partial charge in [0.15, 0.2) is 0 Å². The minimum absolute atomic E-state index is 0. The molecule has 0 aliphatic heterocycles. The second kappa shape index (κ2) is 7.52. The molecular weight excluding hydrogens is 208 g/mol. The summed E-state index contributed by atoms with van der Waals surface area (Å²) in [7, 11) is 0. The number of thioether (sulfide) groups is 1. The van der Waals surface area contributed by atoms with Crippen molar-refractivity contribution in [3.8, 4) is 0 Å². The van der Waals surface area contributed by atoms with Crippen LogP contribution in [-0.4, -0.2) is 48.9 Å². The van der Waals surface area contributed by atoms with E-state index in [1.165, 1.54) is 0 Å². The van der Waals surface area contributed by atoms with E-state index in [0.29, 0.717) is 6.42 Å². The first-order valence-electron chi connectivity index (χ1n) is 2.65. The van der Waals surface area contributed by atoms with Gasteiger partial charge in [0.25, 0.3) is 0 Å². The number of carbonyl (C=O) groups is 1. The minimum atomic E-state index is -0.913. The van der Waals surface area contributed by atoms with E-state index in [2.05, 4.69) is 0 Å². The van der Waals surface area contributed by atoms with E-state index in [0.717, 1.165) is 5.75 Å². The number of aliphatic carboxylic acids is 1. The molecule has 3 nitrogen and oxygen atoms in total. The Hall–Kier alpha value is 0.416. The first-order chi connectivity index (χ1) is 4.18. The third-order valence-electron chi connectivity index (χ3n) is 0.950. The van der Waals surface area contributed by atoms with Gasteiger partial charge in [-0.25, -0.2) is 0 Å². The summed E-state index contributed by atoms with van der Waals surface area (Å²) in [5.74, 6) is -0.1000. The van der Waals surface area contributed by atoms with Crippen molar-refractivity contribution in [1.82, 2.24) is 0 Å². The van der Waals surface area contributed by atoms with Gasteiger partial charge in [-0.3, -0.25) is 4.79 Å². The molecule has 0 fully saturated rings. The van der Waals surface area contributed by atoms with E-state index >= 15 is 0 Å². The van der Waals surface area contributed by atoms with Gasteiger partial charge >= 0.3 is 25.8 Å². The molecule has 0 heterocycles. The maximum atomic E-state index is 10.1. The number of carboxylic acid groups (broad SMARTS) is 1. The van der Waals surface area contributed by atoms with Gasteiger partial charge in [0, 0.05) is 0 Å². The SMILES string of the molecule is CSCCC(N)C(=O)O.[Ga+3]. The van der Waals surface area contributed by atoms with Crippen LogP contribution >= 0.6 is 11.8 Å². The molecule has 0 aromatic rings. The molecule has 0 aromatic carbocycles. The average molecular weight is 219 g/mol. The van der Waals surface area contributed by atoms with Crippen LogP contribution in [0, 0.1) is 0 Å². The maximum absolute atomic E-state index is 10.1. The first kappa shape index (κ1) is 13.0. The Balaban J connectivity index is 0. The van der Waals surface area contributed by atoms with E-state index in [1.54, 1.807) is 11.8 Å². The summed E-state index contributed by atoms with van der Waals surface area (Å²) in [6.07, 6.45) is 2.48. The van der Waals surface area contributed by atoms with Crippen molar-refractivity contribution in [1.29, 1.82) is 0 Å². The maximum Gasteiger partial charge on any atom is 3.00 e. The van der Waals surface area contributed by atoms with Crippen LogP contribution in [0.25, 0.3) is 0 Å². The van der Waals surface area contributed by atoms with Crippen molar-refractivity contribution in [2.75, 3.05) is 12.0 Å². The molecule has 3 N–H and O–H groups in total. The number of nitrogens with two attached hydrogens (primary N) is 1. The summed E-state index contributed by atoms with van der Waals surface area (Å²) in [5.41, 5.74) is 5.19. The molecule has 0 saturated carbocycles. The summed E-state index contributed by atoms with van der Waals surface area (Å²) < 4.78 is 0. The molecule has 0 saturated heterocycles. The fraction of sp³-hybridized carbons (Fsp3) is 0.800. The monoisotopic (exact) mass is 218 g/mol. The Bertz CT molecular complexity index is 102. The van der Waals surface area contributed by atoms with Gasteiger partial charge in [0.2, 0.25) is 0 Å². The van der Waals surface area contributed by atoms with E-state index in [4.69, 9.17) is 10.8 Å². The fourth-order valence-electron chi connectivity index (χ4n) is 0.368. The van der Waals surface area contributed by atoms with Gasteiger partial charge in [-0.1, -0.05) is 0 Å². The predicted octanol–water partition coefficient (Wildman–Crippen LogP) is -0.229. The van der Waals surface area contributed by atoms with Crippen LogP contribution in [0.15, 0.2) is 0 Å². The zero-order valence-electron chi connectivity index (χ0n) is 5.91. The quantitative estimate of drug-likeness (QED) is 0.641. The summed E-state index contributed by atoms with van der Waals surface area (Å²) in [4.78, 5) is 10.1. The van der Waals surface area contributed by atoms with Crippen molar-refractivity contribution >= 4 is 37.5 Å². The topological polar surface area (TPSA) is 63.3 Å². The van der Waals surface area contributed by atoms with E-state index < -0.39 is 12.0 Å². The average Bonchev–Trinajstić information content (AvgIpc) is 1.82. The van der Waals surface area contributed by atoms with Crippen LogP contribution in [0.1, 0.15) is 6.42 Å². The van der Waals surface area contributed by atoms with Gasteiger partial charge < -0.3 is 10.8 Å². The minimum Gasteiger partial charge on any atom is -0.480 e. The Kier molecular flexibility index (Phi) is 9.81. The number of carboxylic acids is 1. The summed E-state index contributed by atoms with van der Waals surface area (Å²) in [6, 6.07) is -0.683. The molecule has 0 rings (SSSR count). The Morgan fingerprint density at radius 1 is 1.80 bits per heavy atom. The molecule has 0 bridgehead atoms. The number of rotatable bonds is 4. The van der Waals surface area contributed by atoms with Gasteiger partial charge in [-0.2, -0.15) is 11.8 Å². The molecule has 10 heavy (non-hydrogen) atoms. The fourth-order valence-corrected chi connectivity index (χ4v) is 0.858. The third-order valence-corrected chi connectivity index (χ3v) is 1.59. The van der Waals surface area contributed by atoms with Crippen LogP contribution in [0.4, 0.5) is 0 Å². The second-order valence-electron chi connectivity index (χ2n) is 1.73. The molecule has 1 unspecified atom stereocenters. The first-order valence-corrected chi connectivity index (χ1v) is 4.05. The van der Waals surface area contributed by atoms with Crippen LogP contribution in [0.3, 0.4) is 0 Å². The Labute approximate surface area is 77.8 Å². The molecule has 0 aromatic heterocycles. The van der Waals surface area contributed by atoms with Crippen LogP contribution in [-0.2, 0) is 4.79 Å². The predicted molar refractivity (Wildman–Crippen MR) is 44.4 cm³/mol. The normalized spacial score (nSPS) is 11.8. The van der Waals surface area contributed by atoms with Gasteiger partial charge in [0.1, 0.15) is 6.04 Å². The summed E-state index contributed by atoms with van der Waals surface area (Å²) >= 11 is 1.60. The smallest absolute Gasteiger partial charge is 0.480 e. The van der Waals surface area contributed by atoms with Crippen molar-refractivity contribution in [2.45, 2.75) is 12.5 Å². The third kappa shape index (κ3) is 6.54. The Morgan fingerprint density at radius 3 is 2.60 bits per heavy atom. The Morgan fingerprint density at radius 2 is 2.30 bits per heavy atom. The van der Waals surface area contributed by atoms with Crippen molar-refractivity contribution in [3.63, 3.8) is 0 Å². The van der Waals surface area contributed by atoms with E-state index in [1.807, 2.05) is 6.26 Å². The van der Waals surface area contributed by atoms with Crippen LogP contribution in [0.5, 0.6) is 0 Å². The van der Waals surface area contributed by atoms with Crippen molar-refractivity contribution in [2.24, 2.45) is 5.73 Å². The van der Waals surface area contributed by atoms with Crippen LogP contribution in [0.2, 0.25) is 0 Å². The zero-order valence-corrected chi connectivity index (χ0v) is 9.15. The molecule has 54 valence electrons. The largest absolute Gasteiger partial charge is 3.00 e. The van der Waals surface area contributed by atoms with Crippen molar-refractivity contribution in [3.05, 3.63) is 0 Å². The van der Waals surface area contributed by atoms with Gasteiger partial charge in [-0.15, -0.1) is 0 Å². The van der Waals surface area contributed by atoms with E-state index in [-0.39, 0.29) is 19.8 Å². The molecule has 0 amide bonds. The molecule has 1 atom stereocenters. The van der Waals surface area contributed by atoms with E-state index in [9.17, 15) is 4.79 Å². The van der Waals surface area contributed by atoms with Crippen molar-refractivity contribution < 1.29 is 9.90 Å². The zero-order chi connectivity index (χ0) is 7.28. The number of hydrogen-bond donors (Lipinski definition) is 2. The molecule has 0 aliphatic carbocycles. The molecule has 0 spiro atoms. The second-order valence-corrected chi connectivity index (χ2v) is 2.71. The van der Waals surface area contributed by atoms with Gasteiger partial charge in [-0.05, 0) is 18.4 Å². The standard InChI is InChI=1S/C5H11NO2S.Ga/c1-9-3-2-4(6)5(7)8;/h4H,2-3,6H2,1H3,(H,7,8);/q;+3. The molecular formula is C5H11GaNO2S+3. The number of hydrogen-bond acceptors (Lipinski definition) is 3. The van der Waals surface area contributed by atoms with Crippen LogP contribution < -0.4 is 5.73 Å².